The summed E-state index contributed by atoms with van der Waals surface area (Å²) in [7, 11) is -1.97. The molecule has 0 aromatic heterocycles. The van der Waals surface area contributed by atoms with E-state index in [2.05, 4.69) is 13.8 Å². The molecule has 50 valence electrons. The summed E-state index contributed by atoms with van der Waals surface area (Å²) in [4.78, 5) is 11.1. The molecule has 0 aliphatic heterocycles. The number of hydrogen-bond donors (Lipinski definition) is 0. The Hall–Kier alpha value is 0.177. The highest BCUT2D eigenvalue weighted by Crippen LogP contribution is 2.09. The van der Waals surface area contributed by atoms with Gasteiger partial charge in [0, 0.05) is 0 Å². The van der Waals surface area contributed by atoms with Crippen LogP contribution in [0.5, 0.6) is 0 Å². The van der Waals surface area contributed by atoms with E-state index in [1.54, 1.807) is 0 Å². The Kier molecular flexibility index (Phi) is 2.70. The summed E-state index contributed by atoms with van der Waals surface area (Å²) in [6.07, 6.45) is 0. The standard InChI is InChI=1S/C6H15OSi/c1-6(2)5-8(3,4)7/h6H,5H2,1-4H3/q-1. The van der Waals surface area contributed by atoms with Crippen LogP contribution >= 0.6 is 0 Å². The largest absolute Gasteiger partial charge is 0.859 e. The van der Waals surface area contributed by atoms with Gasteiger partial charge >= 0.3 is 0 Å². The lowest BCUT2D eigenvalue weighted by molar-refractivity contribution is -0.206. The molecule has 0 unspecified atom stereocenters. The quantitative estimate of drug-likeness (QED) is 0.517. The molecular formula is C6H15OSi-. The first kappa shape index (κ1) is 8.18. The van der Waals surface area contributed by atoms with Crippen LogP contribution < -0.4 is 4.80 Å². The SMILES string of the molecule is CC(C)C[Si](C)(C)[O-]. The summed E-state index contributed by atoms with van der Waals surface area (Å²) in [6, 6.07) is 0.910. The van der Waals surface area contributed by atoms with Crippen LogP contribution in [0.2, 0.25) is 19.1 Å². The van der Waals surface area contributed by atoms with Crippen LogP contribution in [0.25, 0.3) is 0 Å². The highest BCUT2D eigenvalue weighted by atomic mass is 28.4. The van der Waals surface area contributed by atoms with Gasteiger partial charge < -0.3 is 4.80 Å². The average Bonchev–Trinajstić information content (AvgIpc) is 1.21. The molecule has 0 rings (SSSR count). The first-order chi connectivity index (χ1) is 3.42. The second-order valence-corrected chi connectivity index (χ2v) is 7.29. The fraction of sp³-hybridized carbons (Fsp3) is 1.00. The molecule has 0 saturated carbocycles. The maximum Gasteiger partial charge on any atom is -0.0507 e. The zero-order valence-corrected chi connectivity index (χ0v) is 7.19. The Labute approximate surface area is 52.9 Å². The Bertz CT molecular complexity index is 63.4. The zero-order chi connectivity index (χ0) is 6.78. The van der Waals surface area contributed by atoms with E-state index >= 15 is 0 Å². The lowest BCUT2D eigenvalue weighted by Crippen LogP contribution is -2.43. The van der Waals surface area contributed by atoms with Crippen molar-refractivity contribution in [1.29, 1.82) is 0 Å². The average molecular weight is 131 g/mol. The summed E-state index contributed by atoms with van der Waals surface area (Å²) < 4.78 is 0. The molecule has 8 heavy (non-hydrogen) atoms. The van der Waals surface area contributed by atoms with Gasteiger partial charge in [-0.15, -0.1) is 0 Å². The van der Waals surface area contributed by atoms with Crippen molar-refractivity contribution in [1.82, 2.24) is 0 Å². The van der Waals surface area contributed by atoms with E-state index in [0.29, 0.717) is 5.92 Å². The molecule has 0 amide bonds. The van der Waals surface area contributed by atoms with Crippen LogP contribution in [0.1, 0.15) is 13.8 Å². The summed E-state index contributed by atoms with van der Waals surface area (Å²) in [6.45, 7) is 7.94. The summed E-state index contributed by atoms with van der Waals surface area (Å²) in [5, 5.41) is 0. The predicted octanol–water partition coefficient (Wildman–Crippen LogP) is 1.21. The van der Waals surface area contributed by atoms with E-state index in [1.165, 1.54) is 0 Å². The van der Waals surface area contributed by atoms with Crippen LogP contribution in [-0.4, -0.2) is 8.32 Å². The van der Waals surface area contributed by atoms with E-state index in [0.717, 1.165) is 6.04 Å². The molecule has 0 radical (unpaired) electrons. The third kappa shape index (κ3) is 6.18. The minimum absolute atomic E-state index is 0.592. The van der Waals surface area contributed by atoms with Crippen LogP contribution in [-0.2, 0) is 0 Å². The second kappa shape index (κ2) is 2.64. The molecule has 0 aromatic carbocycles. The maximum absolute atomic E-state index is 11.1. The van der Waals surface area contributed by atoms with Gasteiger partial charge in [-0.3, -0.25) is 0 Å². The summed E-state index contributed by atoms with van der Waals surface area (Å²) in [5.41, 5.74) is 0. The molecule has 0 saturated heterocycles. The van der Waals surface area contributed by atoms with Crippen molar-refractivity contribution in [3.8, 4) is 0 Å². The molecular weight excluding hydrogens is 116 g/mol. The maximum atomic E-state index is 11.1. The molecule has 0 fully saturated rings. The molecule has 0 spiro atoms. The van der Waals surface area contributed by atoms with Gasteiger partial charge in [0.15, 0.2) is 0 Å². The summed E-state index contributed by atoms with van der Waals surface area (Å²) >= 11 is 0. The van der Waals surface area contributed by atoms with E-state index in [1.807, 2.05) is 13.1 Å². The fourth-order valence-corrected chi connectivity index (χ4v) is 2.95. The van der Waals surface area contributed by atoms with E-state index in [9.17, 15) is 4.80 Å². The topological polar surface area (TPSA) is 23.1 Å². The van der Waals surface area contributed by atoms with Crippen molar-refractivity contribution in [2.45, 2.75) is 33.0 Å². The lowest BCUT2D eigenvalue weighted by atomic mass is 10.3. The minimum Gasteiger partial charge on any atom is -0.859 e. The Morgan fingerprint density at radius 3 is 1.75 bits per heavy atom. The fourth-order valence-electron chi connectivity index (χ4n) is 0.983. The van der Waals surface area contributed by atoms with Gasteiger partial charge in [-0.2, -0.15) is 0 Å². The van der Waals surface area contributed by atoms with E-state index in [4.69, 9.17) is 0 Å². The van der Waals surface area contributed by atoms with Crippen molar-refractivity contribution < 1.29 is 4.80 Å². The van der Waals surface area contributed by atoms with Crippen LogP contribution in [0.15, 0.2) is 0 Å². The predicted molar refractivity (Wildman–Crippen MR) is 37.1 cm³/mol. The molecule has 1 nitrogen and oxygen atoms in total. The van der Waals surface area contributed by atoms with Crippen molar-refractivity contribution >= 4 is 8.32 Å². The minimum atomic E-state index is -1.97. The van der Waals surface area contributed by atoms with Crippen LogP contribution in [0.4, 0.5) is 0 Å². The summed E-state index contributed by atoms with van der Waals surface area (Å²) in [5.74, 6) is 0.592. The van der Waals surface area contributed by atoms with E-state index in [-0.39, 0.29) is 0 Å². The Morgan fingerprint density at radius 2 is 1.75 bits per heavy atom. The Balaban J connectivity index is 3.39. The van der Waals surface area contributed by atoms with Gasteiger partial charge in [0.2, 0.25) is 0 Å². The van der Waals surface area contributed by atoms with Crippen molar-refractivity contribution in [3.05, 3.63) is 0 Å². The molecule has 2 heteroatoms. The molecule has 0 aliphatic rings. The molecule has 0 aromatic rings. The monoisotopic (exact) mass is 131 g/mol. The van der Waals surface area contributed by atoms with Crippen molar-refractivity contribution in [2.24, 2.45) is 5.92 Å². The van der Waals surface area contributed by atoms with Crippen LogP contribution in [0, 0.1) is 5.92 Å². The normalized spacial score (nSPS) is 12.8. The van der Waals surface area contributed by atoms with Gasteiger partial charge in [-0.25, -0.2) is 0 Å². The molecule has 0 aliphatic carbocycles. The third-order valence-corrected chi connectivity index (χ3v) is 2.70. The third-order valence-electron chi connectivity index (χ3n) is 0.900. The molecule has 0 atom stereocenters. The molecule has 0 N–H and O–H groups in total. The lowest BCUT2D eigenvalue weighted by Gasteiger charge is -2.31. The molecule has 0 bridgehead atoms. The van der Waals surface area contributed by atoms with Crippen molar-refractivity contribution in [3.63, 3.8) is 0 Å². The van der Waals surface area contributed by atoms with Crippen LogP contribution in [0.3, 0.4) is 0 Å². The Morgan fingerprint density at radius 1 is 1.38 bits per heavy atom. The van der Waals surface area contributed by atoms with E-state index < -0.39 is 8.32 Å². The molecule has 0 heterocycles. The van der Waals surface area contributed by atoms with Gasteiger partial charge in [-0.05, 0) is 0 Å². The first-order valence-electron chi connectivity index (χ1n) is 3.12. The van der Waals surface area contributed by atoms with Crippen molar-refractivity contribution in [2.75, 3.05) is 0 Å². The highest BCUT2D eigenvalue weighted by Gasteiger charge is 2.05. The van der Waals surface area contributed by atoms with Gasteiger partial charge in [0.05, 0.1) is 0 Å². The zero-order valence-electron chi connectivity index (χ0n) is 6.19. The first-order valence-corrected chi connectivity index (χ1v) is 6.24. The van der Waals surface area contributed by atoms with Gasteiger partial charge in [0.25, 0.3) is 0 Å². The van der Waals surface area contributed by atoms with Gasteiger partial charge in [-0.1, -0.05) is 47.2 Å². The highest BCUT2D eigenvalue weighted by molar-refractivity contribution is 6.68. The van der Waals surface area contributed by atoms with Gasteiger partial charge in [0.1, 0.15) is 0 Å². The number of hydrogen-bond acceptors (Lipinski definition) is 1. The second-order valence-electron chi connectivity index (χ2n) is 3.36. The number of rotatable bonds is 2. The smallest absolute Gasteiger partial charge is 0.0507 e.